The van der Waals surface area contributed by atoms with E-state index in [0.29, 0.717) is 6.54 Å². The molecule has 0 spiro atoms. The number of hydrogen-bond acceptors (Lipinski definition) is 2. The Balaban J connectivity index is 2.60. The van der Waals surface area contributed by atoms with Crippen molar-refractivity contribution in [1.29, 1.82) is 5.26 Å². The topological polar surface area (TPSA) is 35.8 Å². The van der Waals surface area contributed by atoms with E-state index in [4.69, 9.17) is 5.26 Å². The van der Waals surface area contributed by atoms with Gasteiger partial charge in [-0.15, -0.1) is 0 Å². The zero-order valence-electron chi connectivity index (χ0n) is 5.84. The Morgan fingerprint density at radius 3 is 2.55 bits per heavy atom. The van der Waals surface area contributed by atoms with Gasteiger partial charge in [0.05, 0.1) is 6.07 Å². The number of hydrogen-bond donors (Lipinski definition) is 1. The number of nitriles is 1. The second-order valence-corrected chi connectivity index (χ2v) is 3.26. The van der Waals surface area contributed by atoms with Crippen LogP contribution in [0.3, 0.4) is 0 Å². The fourth-order valence-corrected chi connectivity index (χ4v) is 1.07. The summed E-state index contributed by atoms with van der Waals surface area (Å²) >= 11 is 2.24. The maximum atomic E-state index is 8.27. The second kappa shape index (κ2) is 4.19. The van der Waals surface area contributed by atoms with E-state index in [1.807, 2.05) is 30.3 Å². The summed E-state index contributed by atoms with van der Waals surface area (Å²) in [5.74, 6) is 0. The van der Waals surface area contributed by atoms with Gasteiger partial charge >= 0.3 is 0 Å². The average Bonchev–Trinajstić information content (AvgIpc) is 2.04. The summed E-state index contributed by atoms with van der Waals surface area (Å²) < 4.78 is 1.20. The quantitative estimate of drug-likeness (QED) is 0.652. The third-order valence-electron chi connectivity index (χ3n) is 1.22. The molecule has 0 saturated heterocycles. The Morgan fingerprint density at radius 1 is 1.36 bits per heavy atom. The molecule has 11 heavy (non-hydrogen) atoms. The Hall–Kier alpha value is -0.760. The Kier molecular flexibility index (Phi) is 3.17. The van der Waals surface area contributed by atoms with E-state index >= 15 is 0 Å². The standard InChI is InChI=1S/C8H7IN2/c9-7-1-3-8(4-2-7)11-6-5-10/h1-4,11H,6H2. The molecular weight excluding hydrogens is 251 g/mol. The van der Waals surface area contributed by atoms with Crippen LogP contribution in [-0.2, 0) is 0 Å². The summed E-state index contributed by atoms with van der Waals surface area (Å²) in [6.45, 7) is 0.362. The zero-order valence-corrected chi connectivity index (χ0v) is 8.00. The van der Waals surface area contributed by atoms with Crippen LogP contribution in [0.15, 0.2) is 24.3 Å². The van der Waals surface area contributed by atoms with Gasteiger partial charge in [0, 0.05) is 9.26 Å². The molecule has 1 aromatic rings. The first-order valence-electron chi connectivity index (χ1n) is 3.19. The Morgan fingerprint density at radius 2 is 2.00 bits per heavy atom. The Bertz CT molecular complexity index is 260. The molecule has 0 heterocycles. The van der Waals surface area contributed by atoms with Gasteiger partial charge in [0.25, 0.3) is 0 Å². The lowest BCUT2D eigenvalue weighted by atomic mass is 10.3. The zero-order chi connectivity index (χ0) is 8.10. The van der Waals surface area contributed by atoms with Crippen LogP contribution in [0.5, 0.6) is 0 Å². The minimum Gasteiger partial charge on any atom is -0.372 e. The van der Waals surface area contributed by atoms with E-state index in [1.54, 1.807) is 0 Å². The highest BCUT2D eigenvalue weighted by Crippen LogP contribution is 2.10. The molecule has 0 aliphatic carbocycles. The molecule has 0 atom stereocenters. The van der Waals surface area contributed by atoms with E-state index in [2.05, 4.69) is 27.9 Å². The third-order valence-corrected chi connectivity index (χ3v) is 1.93. The van der Waals surface area contributed by atoms with Crippen LogP contribution in [0.4, 0.5) is 5.69 Å². The van der Waals surface area contributed by atoms with E-state index in [-0.39, 0.29) is 0 Å². The van der Waals surface area contributed by atoms with Crippen LogP contribution in [0.1, 0.15) is 0 Å². The number of halogens is 1. The van der Waals surface area contributed by atoms with Gasteiger partial charge in [-0.05, 0) is 46.9 Å². The van der Waals surface area contributed by atoms with Crippen molar-refractivity contribution in [1.82, 2.24) is 0 Å². The van der Waals surface area contributed by atoms with Crippen molar-refractivity contribution in [2.24, 2.45) is 0 Å². The maximum Gasteiger partial charge on any atom is 0.103 e. The monoisotopic (exact) mass is 258 g/mol. The molecule has 3 heteroatoms. The molecule has 2 nitrogen and oxygen atoms in total. The molecule has 0 amide bonds. The van der Waals surface area contributed by atoms with Crippen LogP contribution < -0.4 is 5.32 Å². The van der Waals surface area contributed by atoms with Crippen molar-refractivity contribution >= 4 is 28.3 Å². The van der Waals surface area contributed by atoms with Crippen LogP contribution in [0.2, 0.25) is 0 Å². The number of anilines is 1. The molecule has 0 unspecified atom stereocenters. The molecule has 0 radical (unpaired) electrons. The van der Waals surface area contributed by atoms with E-state index < -0.39 is 0 Å². The van der Waals surface area contributed by atoms with Crippen molar-refractivity contribution in [3.8, 4) is 6.07 Å². The van der Waals surface area contributed by atoms with E-state index in [0.717, 1.165) is 5.69 Å². The summed E-state index contributed by atoms with van der Waals surface area (Å²) in [6.07, 6.45) is 0. The largest absolute Gasteiger partial charge is 0.372 e. The molecular formula is C8H7IN2. The van der Waals surface area contributed by atoms with Crippen molar-refractivity contribution < 1.29 is 0 Å². The van der Waals surface area contributed by atoms with Gasteiger partial charge in [0.15, 0.2) is 0 Å². The van der Waals surface area contributed by atoms with Gasteiger partial charge in [-0.1, -0.05) is 0 Å². The van der Waals surface area contributed by atoms with Crippen LogP contribution in [-0.4, -0.2) is 6.54 Å². The summed E-state index contributed by atoms with van der Waals surface area (Å²) in [5, 5.41) is 11.2. The predicted molar refractivity (Wildman–Crippen MR) is 53.3 cm³/mol. The van der Waals surface area contributed by atoms with Crippen LogP contribution in [0.25, 0.3) is 0 Å². The smallest absolute Gasteiger partial charge is 0.103 e. The molecule has 0 aromatic heterocycles. The fraction of sp³-hybridized carbons (Fsp3) is 0.125. The first-order chi connectivity index (χ1) is 5.33. The van der Waals surface area contributed by atoms with Gasteiger partial charge in [0.2, 0.25) is 0 Å². The molecule has 0 bridgehead atoms. The first-order valence-corrected chi connectivity index (χ1v) is 4.27. The number of nitrogens with one attached hydrogen (secondary N) is 1. The molecule has 0 aliphatic heterocycles. The lowest BCUT2D eigenvalue weighted by molar-refractivity contribution is 1.32. The molecule has 1 rings (SSSR count). The van der Waals surface area contributed by atoms with Gasteiger partial charge in [-0.25, -0.2) is 0 Å². The van der Waals surface area contributed by atoms with Gasteiger partial charge < -0.3 is 5.32 Å². The van der Waals surface area contributed by atoms with E-state index in [1.165, 1.54) is 3.57 Å². The highest BCUT2D eigenvalue weighted by atomic mass is 127. The predicted octanol–water partition coefficient (Wildman–Crippen LogP) is 2.23. The van der Waals surface area contributed by atoms with Gasteiger partial charge in [-0.3, -0.25) is 0 Å². The minimum absolute atomic E-state index is 0.362. The first kappa shape index (κ1) is 8.34. The second-order valence-electron chi connectivity index (χ2n) is 2.02. The number of nitrogens with zero attached hydrogens (tertiary/aromatic N) is 1. The van der Waals surface area contributed by atoms with Crippen LogP contribution in [0, 0.1) is 14.9 Å². The number of benzene rings is 1. The lowest BCUT2D eigenvalue weighted by Crippen LogP contribution is -1.97. The van der Waals surface area contributed by atoms with Crippen LogP contribution >= 0.6 is 22.6 Å². The Labute approximate surface area is 79.4 Å². The molecule has 1 N–H and O–H groups in total. The lowest BCUT2D eigenvalue weighted by Gasteiger charge is -1.99. The minimum atomic E-state index is 0.362. The SMILES string of the molecule is N#CCNc1ccc(I)cc1. The summed E-state index contributed by atoms with van der Waals surface area (Å²) in [6, 6.07) is 9.93. The maximum absolute atomic E-state index is 8.27. The normalized spacial score (nSPS) is 8.73. The number of rotatable bonds is 2. The molecule has 0 aliphatic rings. The molecule has 1 aromatic carbocycles. The van der Waals surface area contributed by atoms with Gasteiger partial charge in [0.1, 0.15) is 6.54 Å². The van der Waals surface area contributed by atoms with Crippen molar-refractivity contribution in [3.63, 3.8) is 0 Å². The van der Waals surface area contributed by atoms with Gasteiger partial charge in [-0.2, -0.15) is 5.26 Å². The molecule has 0 fully saturated rings. The molecule has 56 valence electrons. The summed E-state index contributed by atoms with van der Waals surface area (Å²) in [4.78, 5) is 0. The average molecular weight is 258 g/mol. The highest BCUT2D eigenvalue weighted by molar-refractivity contribution is 14.1. The fourth-order valence-electron chi connectivity index (χ4n) is 0.709. The van der Waals surface area contributed by atoms with Crippen molar-refractivity contribution in [2.45, 2.75) is 0 Å². The van der Waals surface area contributed by atoms with Crippen molar-refractivity contribution in [2.75, 3.05) is 11.9 Å². The van der Waals surface area contributed by atoms with Crippen molar-refractivity contribution in [3.05, 3.63) is 27.8 Å². The molecule has 0 saturated carbocycles. The summed E-state index contributed by atoms with van der Waals surface area (Å²) in [7, 11) is 0. The summed E-state index contributed by atoms with van der Waals surface area (Å²) in [5.41, 5.74) is 0.993. The highest BCUT2D eigenvalue weighted by Gasteiger charge is 1.88. The van der Waals surface area contributed by atoms with E-state index in [9.17, 15) is 0 Å². The third kappa shape index (κ3) is 2.76.